The summed E-state index contributed by atoms with van der Waals surface area (Å²) in [5, 5.41) is 2.42. The molecule has 0 fully saturated rings. The molecule has 0 nitrogen and oxygen atoms in total. The van der Waals surface area contributed by atoms with Crippen LogP contribution in [0.25, 0.3) is 21.9 Å². The minimum absolute atomic E-state index is 0.237. The maximum atomic E-state index is 14.1. The highest BCUT2D eigenvalue weighted by atomic mass is 35.5. The van der Waals surface area contributed by atoms with Gasteiger partial charge in [-0.1, -0.05) is 59.6 Å². The summed E-state index contributed by atoms with van der Waals surface area (Å²) in [6, 6.07) is 16.0. The van der Waals surface area contributed by atoms with Crippen molar-refractivity contribution in [2.45, 2.75) is 0 Å². The summed E-state index contributed by atoms with van der Waals surface area (Å²) in [5.74, 6) is -0.237. The van der Waals surface area contributed by atoms with Gasteiger partial charge in [-0.05, 0) is 34.7 Å². The van der Waals surface area contributed by atoms with Gasteiger partial charge in [0.15, 0.2) is 0 Å². The van der Waals surface area contributed by atoms with E-state index >= 15 is 0 Å². The summed E-state index contributed by atoms with van der Waals surface area (Å²) >= 11 is 11.9. The van der Waals surface area contributed by atoms with Crippen molar-refractivity contribution in [3.8, 4) is 11.1 Å². The molecule has 3 aromatic carbocycles. The van der Waals surface area contributed by atoms with Crippen LogP contribution in [0.4, 0.5) is 4.39 Å². The first-order valence-electron chi connectivity index (χ1n) is 5.79. The topological polar surface area (TPSA) is 0 Å². The van der Waals surface area contributed by atoms with Crippen molar-refractivity contribution in [1.29, 1.82) is 0 Å². The molecular formula is C16H9Cl2F. The minimum atomic E-state index is -0.237. The predicted octanol–water partition coefficient (Wildman–Crippen LogP) is 5.95. The Hall–Kier alpha value is -1.57. The van der Waals surface area contributed by atoms with Gasteiger partial charge >= 0.3 is 0 Å². The quantitative estimate of drug-likeness (QED) is 0.519. The van der Waals surface area contributed by atoms with Crippen LogP contribution in [-0.4, -0.2) is 0 Å². The minimum Gasteiger partial charge on any atom is -0.206 e. The molecule has 3 heteroatoms. The van der Waals surface area contributed by atoms with Crippen molar-refractivity contribution in [1.82, 2.24) is 0 Å². The van der Waals surface area contributed by atoms with Gasteiger partial charge in [-0.15, -0.1) is 0 Å². The summed E-state index contributed by atoms with van der Waals surface area (Å²) in [6.07, 6.45) is 0. The first-order valence-corrected chi connectivity index (χ1v) is 6.55. The fourth-order valence-corrected chi connectivity index (χ4v) is 2.50. The number of hydrogen-bond donors (Lipinski definition) is 0. The molecule has 0 saturated heterocycles. The standard InChI is InChI=1S/C16H9Cl2F/c17-13-8-7-11(9-14(13)18)12-5-1-3-10-4-2-6-15(19)16(10)12/h1-9H. The molecule has 0 N–H and O–H groups in total. The summed E-state index contributed by atoms with van der Waals surface area (Å²) in [6.45, 7) is 0. The molecule has 0 heterocycles. The molecule has 3 aromatic rings. The Kier molecular flexibility index (Phi) is 3.17. The van der Waals surface area contributed by atoms with Crippen molar-refractivity contribution in [2.75, 3.05) is 0 Å². The highest BCUT2D eigenvalue weighted by Gasteiger charge is 2.09. The molecule has 0 radical (unpaired) electrons. The lowest BCUT2D eigenvalue weighted by Gasteiger charge is -2.08. The van der Waals surface area contributed by atoms with Gasteiger partial charge in [-0.2, -0.15) is 0 Å². The van der Waals surface area contributed by atoms with E-state index in [9.17, 15) is 4.39 Å². The average molecular weight is 291 g/mol. The van der Waals surface area contributed by atoms with E-state index in [1.807, 2.05) is 30.3 Å². The molecule has 0 saturated carbocycles. The summed E-state index contributed by atoms with van der Waals surface area (Å²) in [5.41, 5.74) is 1.67. The fourth-order valence-electron chi connectivity index (χ4n) is 2.20. The highest BCUT2D eigenvalue weighted by Crippen LogP contribution is 2.33. The van der Waals surface area contributed by atoms with Crippen molar-refractivity contribution < 1.29 is 4.39 Å². The Balaban J connectivity index is 2.33. The van der Waals surface area contributed by atoms with Crippen LogP contribution in [0.2, 0.25) is 10.0 Å². The molecule has 0 aliphatic rings. The van der Waals surface area contributed by atoms with Gasteiger partial charge in [-0.3, -0.25) is 0 Å². The van der Waals surface area contributed by atoms with E-state index in [-0.39, 0.29) is 5.82 Å². The second kappa shape index (κ2) is 4.84. The van der Waals surface area contributed by atoms with E-state index < -0.39 is 0 Å². The predicted molar refractivity (Wildman–Crippen MR) is 79.4 cm³/mol. The maximum Gasteiger partial charge on any atom is 0.131 e. The van der Waals surface area contributed by atoms with Gasteiger partial charge in [0.2, 0.25) is 0 Å². The van der Waals surface area contributed by atoms with Crippen LogP contribution in [0, 0.1) is 5.82 Å². The van der Waals surface area contributed by atoms with Crippen LogP contribution in [0.15, 0.2) is 54.6 Å². The van der Waals surface area contributed by atoms with Gasteiger partial charge < -0.3 is 0 Å². The van der Waals surface area contributed by atoms with Crippen molar-refractivity contribution >= 4 is 34.0 Å². The molecule has 0 aliphatic heterocycles. The number of hydrogen-bond acceptors (Lipinski definition) is 0. The van der Waals surface area contributed by atoms with E-state index in [1.165, 1.54) is 6.07 Å². The first-order chi connectivity index (χ1) is 9.16. The third-order valence-corrected chi connectivity index (χ3v) is 3.82. The summed E-state index contributed by atoms with van der Waals surface area (Å²) in [4.78, 5) is 0. The number of fused-ring (bicyclic) bond motifs is 1. The second-order valence-electron chi connectivity index (χ2n) is 4.27. The number of halogens is 3. The van der Waals surface area contributed by atoms with Gasteiger partial charge in [0.05, 0.1) is 10.0 Å². The molecule has 19 heavy (non-hydrogen) atoms. The molecule has 0 amide bonds. The van der Waals surface area contributed by atoms with E-state index in [0.717, 1.165) is 16.5 Å². The third-order valence-electron chi connectivity index (χ3n) is 3.08. The smallest absolute Gasteiger partial charge is 0.131 e. The maximum absolute atomic E-state index is 14.1. The van der Waals surface area contributed by atoms with E-state index in [2.05, 4.69) is 0 Å². The lowest BCUT2D eigenvalue weighted by Crippen LogP contribution is -1.85. The lowest BCUT2D eigenvalue weighted by atomic mass is 9.98. The van der Waals surface area contributed by atoms with Crippen LogP contribution >= 0.6 is 23.2 Å². The van der Waals surface area contributed by atoms with Gasteiger partial charge in [0.1, 0.15) is 5.82 Å². The van der Waals surface area contributed by atoms with Crippen molar-refractivity contribution in [3.63, 3.8) is 0 Å². The Morgan fingerprint density at radius 3 is 2.26 bits per heavy atom. The number of benzene rings is 3. The molecule has 94 valence electrons. The van der Waals surface area contributed by atoms with Gasteiger partial charge in [0.25, 0.3) is 0 Å². The summed E-state index contributed by atoms with van der Waals surface area (Å²) < 4.78 is 14.1. The van der Waals surface area contributed by atoms with Crippen LogP contribution in [0.5, 0.6) is 0 Å². The molecule has 0 atom stereocenters. The van der Waals surface area contributed by atoms with Crippen LogP contribution in [0.1, 0.15) is 0 Å². The Bertz CT molecular complexity index is 761. The number of rotatable bonds is 1. The molecule has 3 rings (SSSR count). The molecule has 0 spiro atoms. The van der Waals surface area contributed by atoms with Crippen LogP contribution < -0.4 is 0 Å². The first kappa shape index (κ1) is 12.5. The van der Waals surface area contributed by atoms with Gasteiger partial charge in [0, 0.05) is 5.39 Å². The largest absolute Gasteiger partial charge is 0.206 e. The lowest BCUT2D eigenvalue weighted by molar-refractivity contribution is 0.640. The highest BCUT2D eigenvalue weighted by molar-refractivity contribution is 6.42. The summed E-state index contributed by atoms with van der Waals surface area (Å²) in [7, 11) is 0. The Morgan fingerprint density at radius 2 is 1.53 bits per heavy atom. The zero-order valence-electron chi connectivity index (χ0n) is 9.83. The molecular weight excluding hydrogens is 282 g/mol. The van der Waals surface area contributed by atoms with Crippen LogP contribution in [-0.2, 0) is 0 Å². The van der Waals surface area contributed by atoms with Crippen molar-refractivity contribution in [2.24, 2.45) is 0 Å². The van der Waals surface area contributed by atoms with Crippen LogP contribution in [0.3, 0.4) is 0 Å². The van der Waals surface area contributed by atoms with E-state index in [4.69, 9.17) is 23.2 Å². The third kappa shape index (κ3) is 2.20. The average Bonchev–Trinajstić information content (AvgIpc) is 2.42. The van der Waals surface area contributed by atoms with E-state index in [1.54, 1.807) is 18.2 Å². The molecule has 0 bridgehead atoms. The van der Waals surface area contributed by atoms with Gasteiger partial charge in [-0.25, -0.2) is 4.39 Å². The second-order valence-corrected chi connectivity index (χ2v) is 5.09. The Labute approximate surface area is 120 Å². The normalized spacial score (nSPS) is 10.9. The van der Waals surface area contributed by atoms with E-state index in [0.29, 0.717) is 15.4 Å². The fraction of sp³-hybridized carbons (Fsp3) is 0. The molecule has 0 aromatic heterocycles. The molecule has 0 unspecified atom stereocenters. The zero-order valence-corrected chi connectivity index (χ0v) is 11.3. The zero-order chi connectivity index (χ0) is 13.4. The SMILES string of the molecule is Fc1cccc2cccc(-c3ccc(Cl)c(Cl)c3)c12. The van der Waals surface area contributed by atoms with Crippen molar-refractivity contribution in [3.05, 3.63) is 70.5 Å². The monoisotopic (exact) mass is 290 g/mol. The molecule has 0 aliphatic carbocycles. The Morgan fingerprint density at radius 1 is 0.789 bits per heavy atom.